The Balaban J connectivity index is 3.93. The van der Waals surface area contributed by atoms with E-state index in [1.165, 1.54) is 0 Å². The number of Topliss-reactive ketones (excluding diaryl/α,β-unsaturated/α-hetero) is 1. The van der Waals surface area contributed by atoms with E-state index in [9.17, 15) is 4.79 Å². The van der Waals surface area contributed by atoms with E-state index < -0.39 is 0 Å². The second-order valence-electron chi connectivity index (χ2n) is 5.10. The first-order valence-corrected chi connectivity index (χ1v) is 5.03. The van der Waals surface area contributed by atoms with Gasteiger partial charge in [0.2, 0.25) is 0 Å². The van der Waals surface area contributed by atoms with E-state index in [0.717, 1.165) is 0 Å². The van der Waals surface area contributed by atoms with E-state index in [1.807, 2.05) is 20.8 Å². The molecule has 0 bridgehead atoms. The number of nitrogens with one attached hydrogen (secondary N) is 1. The molecular formula is C11H23NO. The van der Waals surface area contributed by atoms with Gasteiger partial charge in [-0.25, -0.2) is 0 Å². The Kier molecular flexibility index (Phi) is 4.62. The first kappa shape index (κ1) is 12.6. The minimum absolute atomic E-state index is 0.201. The van der Waals surface area contributed by atoms with Gasteiger partial charge in [0, 0.05) is 23.9 Å². The first-order chi connectivity index (χ1) is 5.73. The van der Waals surface area contributed by atoms with Crippen molar-refractivity contribution < 1.29 is 4.79 Å². The molecule has 0 aromatic rings. The number of carbonyl (C=O) groups is 1. The third-order valence-corrected chi connectivity index (χ3v) is 1.95. The third-order valence-electron chi connectivity index (χ3n) is 1.95. The number of hydrogen-bond donors (Lipinski definition) is 1. The van der Waals surface area contributed by atoms with Crippen molar-refractivity contribution in [1.29, 1.82) is 0 Å². The molecule has 1 N–H and O–H groups in total. The van der Waals surface area contributed by atoms with E-state index in [2.05, 4.69) is 26.1 Å². The van der Waals surface area contributed by atoms with E-state index in [-0.39, 0.29) is 11.5 Å². The zero-order chi connectivity index (χ0) is 10.6. The molecule has 0 heterocycles. The minimum atomic E-state index is -0.201. The Labute approximate surface area is 82.1 Å². The van der Waals surface area contributed by atoms with Crippen molar-refractivity contribution in [3.8, 4) is 0 Å². The normalized spacial score (nSPS) is 14.7. The van der Waals surface area contributed by atoms with Crippen LogP contribution < -0.4 is 5.32 Å². The second kappa shape index (κ2) is 4.75. The van der Waals surface area contributed by atoms with Crippen LogP contribution in [0.2, 0.25) is 0 Å². The maximum atomic E-state index is 11.6. The van der Waals surface area contributed by atoms with Crippen LogP contribution in [0.4, 0.5) is 0 Å². The standard InChI is InChI=1S/C11H23NO/c1-8(2)12-9(3)7-10(13)11(4,5)6/h8-9,12H,7H2,1-6H3. The Morgan fingerprint density at radius 3 is 2.00 bits per heavy atom. The molecule has 0 fully saturated rings. The van der Waals surface area contributed by atoms with Gasteiger partial charge >= 0.3 is 0 Å². The number of rotatable bonds is 4. The summed E-state index contributed by atoms with van der Waals surface area (Å²) in [6.45, 7) is 12.2. The first-order valence-electron chi connectivity index (χ1n) is 5.03. The van der Waals surface area contributed by atoms with Gasteiger partial charge in [-0.05, 0) is 6.92 Å². The largest absolute Gasteiger partial charge is 0.312 e. The third kappa shape index (κ3) is 5.81. The number of ketones is 1. The summed E-state index contributed by atoms with van der Waals surface area (Å²) >= 11 is 0. The molecule has 0 aromatic heterocycles. The van der Waals surface area contributed by atoms with Crippen LogP contribution in [0.5, 0.6) is 0 Å². The summed E-state index contributed by atoms with van der Waals surface area (Å²) in [5.41, 5.74) is -0.201. The van der Waals surface area contributed by atoms with Crippen molar-refractivity contribution in [1.82, 2.24) is 5.32 Å². The fourth-order valence-corrected chi connectivity index (χ4v) is 1.21. The smallest absolute Gasteiger partial charge is 0.139 e. The van der Waals surface area contributed by atoms with Gasteiger partial charge in [0.05, 0.1) is 0 Å². The predicted octanol–water partition coefficient (Wildman–Crippen LogP) is 2.38. The van der Waals surface area contributed by atoms with Gasteiger partial charge in [-0.1, -0.05) is 34.6 Å². The highest BCUT2D eigenvalue weighted by Crippen LogP contribution is 2.17. The fraction of sp³-hybridized carbons (Fsp3) is 0.909. The molecule has 0 aromatic carbocycles. The van der Waals surface area contributed by atoms with Crippen molar-refractivity contribution in [3.63, 3.8) is 0 Å². The highest BCUT2D eigenvalue weighted by atomic mass is 16.1. The molecule has 2 nitrogen and oxygen atoms in total. The van der Waals surface area contributed by atoms with Crippen LogP contribution in [0.1, 0.15) is 48.0 Å². The van der Waals surface area contributed by atoms with Crippen molar-refractivity contribution in [2.45, 2.75) is 60.0 Å². The molecule has 0 saturated heterocycles. The molecular weight excluding hydrogens is 162 g/mol. The van der Waals surface area contributed by atoms with Gasteiger partial charge in [0.15, 0.2) is 0 Å². The van der Waals surface area contributed by atoms with E-state index in [1.54, 1.807) is 0 Å². The van der Waals surface area contributed by atoms with E-state index in [4.69, 9.17) is 0 Å². The fourth-order valence-electron chi connectivity index (χ4n) is 1.21. The Bertz CT molecular complexity index is 167. The van der Waals surface area contributed by atoms with Gasteiger partial charge < -0.3 is 5.32 Å². The lowest BCUT2D eigenvalue weighted by molar-refractivity contribution is -0.126. The molecule has 0 radical (unpaired) electrons. The molecule has 0 aliphatic carbocycles. The molecule has 1 unspecified atom stereocenters. The van der Waals surface area contributed by atoms with Crippen LogP contribution in [0.3, 0.4) is 0 Å². The monoisotopic (exact) mass is 185 g/mol. The van der Waals surface area contributed by atoms with Crippen LogP contribution in [-0.4, -0.2) is 17.9 Å². The lowest BCUT2D eigenvalue weighted by Gasteiger charge is -2.21. The summed E-state index contributed by atoms with van der Waals surface area (Å²) in [7, 11) is 0. The maximum Gasteiger partial charge on any atom is 0.139 e. The molecule has 13 heavy (non-hydrogen) atoms. The average Bonchev–Trinajstić information content (AvgIpc) is 1.82. The number of hydrogen-bond acceptors (Lipinski definition) is 2. The summed E-state index contributed by atoms with van der Waals surface area (Å²) in [6.07, 6.45) is 0.627. The molecule has 78 valence electrons. The van der Waals surface area contributed by atoms with Gasteiger partial charge in [0.1, 0.15) is 5.78 Å². The lowest BCUT2D eigenvalue weighted by atomic mass is 9.87. The second-order valence-corrected chi connectivity index (χ2v) is 5.10. The molecule has 0 amide bonds. The molecule has 0 aliphatic heterocycles. The zero-order valence-electron chi connectivity index (χ0n) is 9.77. The summed E-state index contributed by atoms with van der Waals surface area (Å²) in [4.78, 5) is 11.6. The quantitative estimate of drug-likeness (QED) is 0.728. The van der Waals surface area contributed by atoms with Crippen LogP contribution in [0, 0.1) is 5.41 Å². The lowest BCUT2D eigenvalue weighted by Crippen LogP contribution is -2.36. The van der Waals surface area contributed by atoms with Gasteiger partial charge in [-0.15, -0.1) is 0 Å². The Morgan fingerprint density at radius 2 is 1.69 bits per heavy atom. The molecule has 0 spiro atoms. The molecule has 2 heteroatoms. The Hall–Kier alpha value is -0.370. The van der Waals surface area contributed by atoms with E-state index >= 15 is 0 Å². The van der Waals surface area contributed by atoms with Crippen LogP contribution >= 0.6 is 0 Å². The van der Waals surface area contributed by atoms with E-state index in [0.29, 0.717) is 18.2 Å². The Morgan fingerprint density at radius 1 is 1.23 bits per heavy atom. The summed E-state index contributed by atoms with van der Waals surface area (Å²) in [5.74, 6) is 0.327. The molecule has 0 aliphatic rings. The summed E-state index contributed by atoms with van der Waals surface area (Å²) < 4.78 is 0. The highest BCUT2D eigenvalue weighted by Gasteiger charge is 2.22. The van der Waals surface area contributed by atoms with Crippen LogP contribution in [0.25, 0.3) is 0 Å². The van der Waals surface area contributed by atoms with Crippen molar-refractivity contribution in [2.24, 2.45) is 5.41 Å². The highest BCUT2D eigenvalue weighted by molar-refractivity contribution is 5.84. The molecule has 0 rings (SSSR count). The summed E-state index contributed by atoms with van der Waals surface area (Å²) in [5, 5.41) is 3.32. The maximum absolute atomic E-state index is 11.6. The van der Waals surface area contributed by atoms with Gasteiger partial charge in [-0.3, -0.25) is 4.79 Å². The SMILES string of the molecule is CC(C)NC(C)CC(=O)C(C)(C)C. The van der Waals surface area contributed by atoms with Crippen molar-refractivity contribution in [2.75, 3.05) is 0 Å². The average molecular weight is 185 g/mol. The van der Waals surface area contributed by atoms with Crippen molar-refractivity contribution in [3.05, 3.63) is 0 Å². The number of carbonyl (C=O) groups excluding carboxylic acids is 1. The van der Waals surface area contributed by atoms with Crippen LogP contribution in [0.15, 0.2) is 0 Å². The van der Waals surface area contributed by atoms with Crippen LogP contribution in [-0.2, 0) is 4.79 Å². The molecule has 0 saturated carbocycles. The summed E-state index contributed by atoms with van der Waals surface area (Å²) in [6, 6.07) is 0.731. The predicted molar refractivity (Wildman–Crippen MR) is 56.8 cm³/mol. The van der Waals surface area contributed by atoms with Gasteiger partial charge in [0.25, 0.3) is 0 Å². The van der Waals surface area contributed by atoms with Gasteiger partial charge in [-0.2, -0.15) is 0 Å². The topological polar surface area (TPSA) is 29.1 Å². The molecule has 1 atom stereocenters. The van der Waals surface area contributed by atoms with Crippen molar-refractivity contribution >= 4 is 5.78 Å². The zero-order valence-corrected chi connectivity index (χ0v) is 9.77. The minimum Gasteiger partial charge on any atom is -0.312 e.